The van der Waals surface area contributed by atoms with Crippen molar-refractivity contribution < 1.29 is 4.92 Å². The summed E-state index contributed by atoms with van der Waals surface area (Å²) in [6.45, 7) is 2.31. The Hall–Kier alpha value is -1.86. The average molecular weight is 353 g/mol. The zero-order chi connectivity index (χ0) is 16.2. The highest BCUT2D eigenvalue weighted by Crippen LogP contribution is 2.33. The zero-order valence-corrected chi connectivity index (χ0v) is 14.1. The Morgan fingerprint density at radius 2 is 2.13 bits per heavy atom. The maximum absolute atomic E-state index is 11.4. The van der Waals surface area contributed by atoms with Crippen molar-refractivity contribution in [1.29, 1.82) is 0 Å². The summed E-state index contributed by atoms with van der Waals surface area (Å²) in [4.78, 5) is 18.2. The van der Waals surface area contributed by atoms with Crippen LogP contribution in [-0.2, 0) is 6.54 Å². The van der Waals surface area contributed by atoms with Gasteiger partial charge in [0.25, 0.3) is 5.69 Å². The van der Waals surface area contributed by atoms with Crippen LogP contribution in [0.3, 0.4) is 0 Å². The Labute approximate surface area is 143 Å². The van der Waals surface area contributed by atoms with Gasteiger partial charge >= 0.3 is 0 Å². The van der Waals surface area contributed by atoms with E-state index in [0.29, 0.717) is 16.7 Å². The molecular formula is C15H17ClN4O2S. The van der Waals surface area contributed by atoms with E-state index in [0.717, 1.165) is 36.5 Å². The molecule has 0 spiro atoms. The number of anilines is 2. The number of benzene rings is 1. The van der Waals surface area contributed by atoms with E-state index in [9.17, 15) is 10.1 Å². The molecule has 23 heavy (non-hydrogen) atoms. The summed E-state index contributed by atoms with van der Waals surface area (Å²) in [7, 11) is 0. The molecule has 0 aliphatic carbocycles. The highest BCUT2D eigenvalue weighted by molar-refractivity contribution is 7.15. The van der Waals surface area contributed by atoms with Crippen molar-refractivity contribution in [3.63, 3.8) is 0 Å². The normalized spacial score (nSPS) is 14.7. The number of nitrogens with one attached hydrogen (secondary N) is 1. The Morgan fingerprint density at radius 1 is 1.35 bits per heavy atom. The molecule has 1 aromatic heterocycles. The van der Waals surface area contributed by atoms with Crippen LogP contribution in [-0.4, -0.2) is 23.0 Å². The van der Waals surface area contributed by atoms with Gasteiger partial charge in [-0.15, -0.1) is 11.3 Å². The largest absolute Gasteiger partial charge is 0.380 e. The van der Waals surface area contributed by atoms with Gasteiger partial charge in [-0.05, 0) is 31.4 Å². The first kappa shape index (κ1) is 16.0. The van der Waals surface area contributed by atoms with E-state index in [1.165, 1.54) is 17.8 Å². The monoisotopic (exact) mass is 352 g/mol. The van der Waals surface area contributed by atoms with E-state index in [2.05, 4.69) is 15.2 Å². The fourth-order valence-electron chi connectivity index (χ4n) is 2.74. The van der Waals surface area contributed by atoms with E-state index in [4.69, 9.17) is 11.6 Å². The molecule has 3 rings (SSSR count). The number of halogens is 1. The summed E-state index contributed by atoms with van der Waals surface area (Å²) < 4.78 is 0.494. The highest BCUT2D eigenvalue weighted by Gasteiger charge is 2.21. The molecule has 0 amide bonds. The Balaban J connectivity index is 1.77. The molecule has 122 valence electrons. The van der Waals surface area contributed by atoms with Gasteiger partial charge in [-0.1, -0.05) is 11.6 Å². The molecule has 0 unspecified atom stereocenters. The first-order chi connectivity index (χ1) is 11.1. The lowest BCUT2D eigenvalue weighted by Gasteiger charge is -2.28. The van der Waals surface area contributed by atoms with Crippen LogP contribution in [0.5, 0.6) is 0 Å². The fraction of sp³-hybridized carbons (Fsp3) is 0.400. The molecule has 0 atom stereocenters. The first-order valence-corrected chi connectivity index (χ1v) is 8.70. The molecule has 8 heteroatoms. The number of nitro groups is 1. The van der Waals surface area contributed by atoms with E-state index in [1.54, 1.807) is 12.3 Å². The third-order valence-electron chi connectivity index (χ3n) is 3.86. The minimum atomic E-state index is -0.307. The molecule has 1 saturated heterocycles. The summed E-state index contributed by atoms with van der Waals surface area (Å²) in [6, 6.07) is 5.33. The van der Waals surface area contributed by atoms with Gasteiger partial charge in [-0.25, -0.2) is 4.98 Å². The molecule has 1 aromatic carbocycles. The number of nitro benzene ring substituents is 1. The molecule has 1 fully saturated rings. The minimum Gasteiger partial charge on any atom is -0.380 e. The standard InChI is InChI=1S/C15H17ClN4O2S/c16-15-18-10-12(23-15)9-17-11-4-5-13(14(8-11)20(21)22)19-6-2-1-3-7-19/h4-5,8,10,17H,1-3,6-7,9H2. The second-order valence-electron chi connectivity index (χ2n) is 5.44. The summed E-state index contributed by atoms with van der Waals surface area (Å²) >= 11 is 7.19. The third-order valence-corrected chi connectivity index (χ3v) is 4.98. The molecule has 2 aromatic rings. The number of rotatable bonds is 5. The summed E-state index contributed by atoms with van der Waals surface area (Å²) in [6.07, 6.45) is 5.07. The van der Waals surface area contributed by atoms with Crippen LogP contribution < -0.4 is 10.2 Å². The molecule has 0 saturated carbocycles. The maximum atomic E-state index is 11.4. The summed E-state index contributed by atoms with van der Waals surface area (Å²) in [5, 5.41) is 14.6. The fourth-order valence-corrected chi connectivity index (χ4v) is 3.65. The van der Waals surface area contributed by atoms with Crippen LogP contribution in [0.15, 0.2) is 24.4 Å². The third kappa shape index (κ3) is 3.92. The second kappa shape index (κ2) is 7.14. The van der Waals surface area contributed by atoms with Crippen molar-refractivity contribution in [2.75, 3.05) is 23.3 Å². The van der Waals surface area contributed by atoms with Crippen LogP contribution in [0.25, 0.3) is 0 Å². The summed E-state index contributed by atoms with van der Waals surface area (Å²) in [5.74, 6) is 0. The lowest BCUT2D eigenvalue weighted by atomic mass is 10.1. The average Bonchev–Trinajstić information content (AvgIpc) is 2.99. The molecule has 0 radical (unpaired) electrons. The molecule has 1 N–H and O–H groups in total. The number of hydrogen-bond donors (Lipinski definition) is 1. The quantitative estimate of drug-likeness (QED) is 0.641. The molecule has 1 aliphatic rings. The second-order valence-corrected chi connectivity index (χ2v) is 7.14. The lowest BCUT2D eigenvalue weighted by molar-refractivity contribution is -0.384. The smallest absolute Gasteiger partial charge is 0.294 e. The van der Waals surface area contributed by atoms with Crippen molar-refractivity contribution >= 4 is 40.0 Å². The highest BCUT2D eigenvalue weighted by atomic mass is 35.5. The van der Waals surface area contributed by atoms with Crippen LogP contribution in [0.4, 0.5) is 17.1 Å². The van der Waals surface area contributed by atoms with Crippen LogP contribution in [0.2, 0.25) is 4.47 Å². The molecule has 6 nitrogen and oxygen atoms in total. The van der Waals surface area contributed by atoms with Gasteiger partial charge in [0.15, 0.2) is 4.47 Å². The molecule has 0 bridgehead atoms. The molecule has 2 heterocycles. The van der Waals surface area contributed by atoms with Crippen molar-refractivity contribution in [3.8, 4) is 0 Å². The van der Waals surface area contributed by atoms with Gasteiger partial charge in [0.2, 0.25) is 0 Å². The van der Waals surface area contributed by atoms with E-state index in [-0.39, 0.29) is 10.6 Å². The van der Waals surface area contributed by atoms with E-state index >= 15 is 0 Å². The van der Waals surface area contributed by atoms with Crippen molar-refractivity contribution in [1.82, 2.24) is 4.98 Å². The van der Waals surface area contributed by atoms with Gasteiger partial charge in [-0.3, -0.25) is 10.1 Å². The molecule has 1 aliphatic heterocycles. The van der Waals surface area contributed by atoms with Gasteiger partial charge in [0, 0.05) is 35.9 Å². The predicted molar refractivity (Wildman–Crippen MR) is 93.6 cm³/mol. The number of nitrogens with zero attached hydrogens (tertiary/aromatic N) is 3. The number of hydrogen-bond acceptors (Lipinski definition) is 6. The maximum Gasteiger partial charge on any atom is 0.294 e. The predicted octanol–water partition coefficient (Wildman–Crippen LogP) is 4.31. The van der Waals surface area contributed by atoms with E-state index < -0.39 is 0 Å². The zero-order valence-electron chi connectivity index (χ0n) is 12.5. The first-order valence-electron chi connectivity index (χ1n) is 7.51. The van der Waals surface area contributed by atoms with Crippen LogP contribution >= 0.6 is 22.9 Å². The van der Waals surface area contributed by atoms with E-state index in [1.807, 2.05) is 12.1 Å². The minimum absolute atomic E-state index is 0.152. The van der Waals surface area contributed by atoms with Crippen molar-refractivity contribution in [3.05, 3.63) is 43.9 Å². The van der Waals surface area contributed by atoms with Crippen molar-refractivity contribution in [2.45, 2.75) is 25.8 Å². The van der Waals surface area contributed by atoms with Gasteiger partial charge in [-0.2, -0.15) is 0 Å². The van der Waals surface area contributed by atoms with Crippen molar-refractivity contribution in [2.24, 2.45) is 0 Å². The lowest BCUT2D eigenvalue weighted by Crippen LogP contribution is -2.29. The number of piperidine rings is 1. The van der Waals surface area contributed by atoms with Gasteiger partial charge in [0.1, 0.15) is 5.69 Å². The number of aromatic nitrogens is 1. The Bertz CT molecular complexity index is 701. The Morgan fingerprint density at radius 3 is 2.78 bits per heavy atom. The SMILES string of the molecule is O=[N+]([O-])c1cc(NCc2cnc(Cl)s2)ccc1N1CCCCC1. The van der Waals surface area contributed by atoms with Crippen LogP contribution in [0, 0.1) is 10.1 Å². The number of thiazole rings is 1. The van der Waals surface area contributed by atoms with Crippen LogP contribution in [0.1, 0.15) is 24.1 Å². The topological polar surface area (TPSA) is 71.3 Å². The molecular weight excluding hydrogens is 336 g/mol. The summed E-state index contributed by atoms with van der Waals surface area (Å²) in [5.41, 5.74) is 1.59. The Kier molecular flexibility index (Phi) is 4.97. The van der Waals surface area contributed by atoms with Gasteiger partial charge in [0.05, 0.1) is 11.5 Å². The van der Waals surface area contributed by atoms with Gasteiger partial charge < -0.3 is 10.2 Å².